The van der Waals surface area contributed by atoms with Gasteiger partial charge in [0.25, 0.3) is 0 Å². The first-order chi connectivity index (χ1) is 18.2. The smallest absolute Gasteiger partial charge is 0.0317 e. The van der Waals surface area contributed by atoms with E-state index in [2.05, 4.69) is 141 Å². The number of benzene rings is 5. The van der Waals surface area contributed by atoms with Crippen LogP contribution in [0.4, 0.5) is 0 Å². The molecule has 0 bridgehead atoms. The fourth-order valence-electron chi connectivity index (χ4n) is 6.31. The van der Waals surface area contributed by atoms with Gasteiger partial charge in [0.1, 0.15) is 0 Å². The molecule has 0 heteroatoms. The van der Waals surface area contributed by atoms with Crippen molar-refractivity contribution in [2.75, 3.05) is 0 Å². The van der Waals surface area contributed by atoms with Crippen LogP contribution in [-0.4, -0.2) is 0 Å². The molecule has 0 amide bonds. The fraction of sp³-hybridized carbons (Fsp3) is 0.0811. The first kappa shape index (κ1) is 21.8. The Morgan fingerprint density at radius 2 is 1.27 bits per heavy atom. The normalized spacial score (nSPS) is 14.9. The molecule has 0 fully saturated rings. The van der Waals surface area contributed by atoms with Crippen molar-refractivity contribution < 1.29 is 0 Å². The fourth-order valence-corrected chi connectivity index (χ4v) is 6.31. The van der Waals surface area contributed by atoms with Gasteiger partial charge in [-0.3, -0.25) is 0 Å². The van der Waals surface area contributed by atoms with E-state index in [1.807, 2.05) is 0 Å². The quantitative estimate of drug-likeness (QED) is 0.255. The highest BCUT2D eigenvalue weighted by molar-refractivity contribution is 5.82. The summed E-state index contributed by atoms with van der Waals surface area (Å²) in [6.45, 7) is 4.49. The lowest BCUT2D eigenvalue weighted by Gasteiger charge is -2.21. The third-order valence-corrected chi connectivity index (χ3v) is 7.91. The zero-order valence-electron chi connectivity index (χ0n) is 21.2. The average molecular weight is 473 g/mol. The second-order valence-corrected chi connectivity index (χ2v) is 10.3. The van der Waals surface area contributed by atoms with Crippen LogP contribution in [0.3, 0.4) is 0 Å². The van der Waals surface area contributed by atoms with Gasteiger partial charge in [-0.05, 0) is 79.8 Å². The Hall–Kier alpha value is -4.42. The topological polar surface area (TPSA) is 0 Å². The van der Waals surface area contributed by atoms with E-state index in [-0.39, 0.29) is 5.92 Å². The highest BCUT2D eigenvalue weighted by Crippen LogP contribution is 2.42. The van der Waals surface area contributed by atoms with Gasteiger partial charge in [0.15, 0.2) is 0 Å². The van der Waals surface area contributed by atoms with Crippen molar-refractivity contribution in [3.8, 4) is 0 Å². The van der Waals surface area contributed by atoms with Crippen molar-refractivity contribution in [2.24, 2.45) is 0 Å². The number of rotatable bonds is 3. The van der Waals surface area contributed by atoms with Crippen LogP contribution in [0.5, 0.6) is 0 Å². The van der Waals surface area contributed by atoms with E-state index in [1.54, 1.807) is 0 Å². The average Bonchev–Trinajstić information content (AvgIpc) is 3.46. The van der Waals surface area contributed by atoms with E-state index in [9.17, 15) is 0 Å². The van der Waals surface area contributed by atoms with E-state index in [4.69, 9.17) is 0 Å². The molecule has 37 heavy (non-hydrogen) atoms. The summed E-state index contributed by atoms with van der Waals surface area (Å²) in [5, 5.41) is 5.28. The van der Waals surface area contributed by atoms with Crippen molar-refractivity contribution in [2.45, 2.75) is 19.8 Å². The molecule has 0 aliphatic heterocycles. The Morgan fingerprint density at radius 1 is 0.595 bits per heavy atom. The number of hydrogen-bond donors (Lipinski definition) is 0. The van der Waals surface area contributed by atoms with Gasteiger partial charge in [0.05, 0.1) is 0 Å². The maximum Gasteiger partial charge on any atom is 0.0317 e. The minimum absolute atomic E-state index is 0.216. The van der Waals surface area contributed by atoms with Gasteiger partial charge in [-0.1, -0.05) is 132 Å². The van der Waals surface area contributed by atoms with Crippen LogP contribution in [0.2, 0.25) is 0 Å². The molecular formula is C37H28. The summed E-state index contributed by atoms with van der Waals surface area (Å²) in [5.41, 5.74) is 12.0. The third kappa shape index (κ3) is 3.52. The molecular weight excluding hydrogens is 444 g/mol. The summed E-state index contributed by atoms with van der Waals surface area (Å²) >= 11 is 0. The minimum Gasteiger partial charge on any atom is -0.0622 e. The molecule has 2 aliphatic carbocycles. The van der Waals surface area contributed by atoms with Gasteiger partial charge in [0, 0.05) is 5.92 Å². The summed E-state index contributed by atoms with van der Waals surface area (Å²) in [7, 11) is 0. The molecule has 0 N–H and O–H groups in total. The number of hydrogen-bond acceptors (Lipinski definition) is 0. The predicted octanol–water partition coefficient (Wildman–Crippen LogP) is 7.22. The van der Waals surface area contributed by atoms with Crippen LogP contribution in [0, 0.1) is 17.4 Å². The standard InChI is InChI=1S/C37H28/c1-24-17-18-31-29(21-24)22-25(2)35(31)37-33(20-19-32-30-16-10-9-15-28(30)23-34(32)37)36(26-11-5-3-6-12-26)27-13-7-4-8-14-27/h3-23,35H,1-2H3. The molecule has 0 aromatic heterocycles. The Morgan fingerprint density at radius 3 is 2.00 bits per heavy atom. The molecule has 5 aromatic rings. The Bertz CT molecular complexity index is 1880. The maximum absolute atomic E-state index is 2.41. The lowest BCUT2D eigenvalue weighted by Crippen LogP contribution is -2.20. The first-order valence-electron chi connectivity index (χ1n) is 13.1. The van der Waals surface area contributed by atoms with E-state index < -0.39 is 0 Å². The summed E-state index contributed by atoms with van der Waals surface area (Å²) < 4.78 is 0. The van der Waals surface area contributed by atoms with E-state index in [0.29, 0.717) is 0 Å². The van der Waals surface area contributed by atoms with Crippen LogP contribution in [0.25, 0.3) is 17.7 Å². The molecule has 0 radical (unpaired) electrons. The zero-order chi connectivity index (χ0) is 24.9. The molecule has 0 saturated carbocycles. The monoisotopic (exact) mass is 472 g/mol. The van der Waals surface area contributed by atoms with Crippen LogP contribution in [0.1, 0.15) is 51.8 Å². The molecule has 1 atom stereocenters. The van der Waals surface area contributed by atoms with Gasteiger partial charge in [-0.2, -0.15) is 0 Å². The second-order valence-electron chi connectivity index (χ2n) is 10.3. The second kappa shape index (κ2) is 8.61. The number of fused-ring (bicyclic) bond motifs is 3. The van der Waals surface area contributed by atoms with E-state index in [1.165, 1.54) is 71.0 Å². The lowest BCUT2D eigenvalue weighted by molar-refractivity contribution is 0.958. The SMILES string of the molecule is CC1=Cc2cc(C)ccc2C1c1c2c(ccc1=C(c1ccccc1)c1ccccc1)=c1ccccc1=C2. The van der Waals surface area contributed by atoms with Gasteiger partial charge in [-0.15, -0.1) is 0 Å². The van der Waals surface area contributed by atoms with Crippen LogP contribution < -0.4 is 10.4 Å². The largest absolute Gasteiger partial charge is 0.0622 e. The number of allylic oxidation sites excluding steroid dienone is 1. The third-order valence-electron chi connectivity index (χ3n) is 7.91. The molecule has 0 spiro atoms. The number of aryl methyl sites for hydroxylation is 1. The molecule has 7 rings (SSSR count). The lowest BCUT2D eigenvalue weighted by atomic mass is 9.81. The molecule has 1 unspecified atom stereocenters. The summed E-state index contributed by atoms with van der Waals surface area (Å²) in [6, 6.07) is 42.2. The van der Waals surface area contributed by atoms with Gasteiger partial charge in [0.2, 0.25) is 0 Å². The molecule has 176 valence electrons. The highest BCUT2D eigenvalue weighted by atomic mass is 14.3. The Labute approximate surface area is 217 Å². The highest BCUT2D eigenvalue weighted by Gasteiger charge is 2.28. The summed E-state index contributed by atoms with van der Waals surface area (Å²) in [5.74, 6) is 0.216. The van der Waals surface area contributed by atoms with Crippen LogP contribution in [-0.2, 0) is 0 Å². The molecule has 0 saturated heterocycles. The van der Waals surface area contributed by atoms with Gasteiger partial charge < -0.3 is 0 Å². The van der Waals surface area contributed by atoms with Crippen LogP contribution >= 0.6 is 0 Å². The van der Waals surface area contributed by atoms with Gasteiger partial charge in [-0.25, -0.2) is 0 Å². The van der Waals surface area contributed by atoms with Crippen LogP contribution in [0.15, 0.2) is 121 Å². The zero-order valence-corrected chi connectivity index (χ0v) is 21.2. The van der Waals surface area contributed by atoms with Crippen molar-refractivity contribution in [1.29, 1.82) is 0 Å². The van der Waals surface area contributed by atoms with Crippen molar-refractivity contribution >= 4 is 17.7 Å². The first-order valence-corrected chi connectivity index (χ1v) is 13.1. The Kier molecular flexibility index (Phi) is 5.08. The van der Waals surface area contributed by atoms with Gasteiger partial charge >= 0.3 is 0 Å². The molecule has 5 aromatic carbocycles. The summed E-state index contributed by atoms with van der Waals surface area (Å²) in [4.78, 5) is 0. The Balaban J connectivity index is 1.68. The molecule has 0 heterocycles. The van der Waals surface area contributed by atoms with E-state index in [0.717, 1.165) is 0 Å². The summed E-state index contributed by atoms with van der Waals surface area (Å²) in [6.07, 6.45) is 4.81. The van der Waals surface area contributed by atoms with Crippen molar-refractivity contribution in [3.05, 3.63) is 181 Å². The molecule has 0 nitrogen and oxygen atoms in total. The predicted molar refractivity (Wildman–Crippen MR) is 155 cm³/mol. The van der Waals surface area contributed by atoms with E-state index >= 15 is 0 Å². The van der Waals surface area contributed by atoms with Crippen molar-refractivity contribution in [3.63, 3.8) is 0 Å². The maximum atomic E-state index is 2.41. The van der Waals surface area contributed by atoms with Crippen molar-refractivity contribution in [1.82, 2.24) is 0 Å². The minimum atomic E-state index is 0.216. The molecule has 2 aliphatic rings.